The van der Waals surface area contributed by atoms with E-state index >= 15 is 0 Å². The van der Waals surface area contributed by atoms with Crippen LogP contribution in [-0.2, 0) is 4.79 Å². The number of carbonyl (C=O) groups is 1. The first kappa shape index (κ1) is 13.5. The van der Waals surface area contributed by atoms with Gasteiger partial charge in [0.05, 0.1) is 6.10 Å². The van der Waals surface area contributed by atoms with Gasteiger partial charge in [-0.2, -0.15) is 0 Å². The van der Waals surface area contributed by atoms with Gasteiger partial charge in [0, 0.05) is 13.5 Å². The fourth-order valence-electron chi connectivity index (χ4n) is 2.15. The van der Waals surface area contributed by atoms with Crippen LogP contribution in [0.1, 0.15) is 38.5 Å². The minimum atomic E-state index is -0.0653. The van der Waals surface area contributed by atoms with Gasteiger partial charge in [0.15, 0.2) is 0 Å². The van der Waals surface area contributed by atoms with Gasteiger partial charge >= 0.3 is 0 Å². The summed E-state index contributed by atoms with van der Waals surface area (Å²) in [7, 11) is 1.67. The number of rotatable bonds is 6. The Bertz CT molecular complexity index is 201. The molecule has 4 nitrogen and oxygen atoms in total. The van der Waals surface area contributed by atoms with Crippen LogP contribution < -0.4 is 10.6 Å². The molecule has 0 spiro atoms. The van der Waals surface area contributed by atoms with Crippen LogP contribution in [0, 0.1) is 5.92 Å². The molecule has 1 aliphatic rings. The number of hydrogen-bond donors (Lipinski definition) is 3. The van der Waals surface area contributed by atoms with Crippen molar-refractivity contribution in [2.24, 2.45) is 5.92 Å². The number of aliphatic hydroxyl groups excluding tert-OH is 1. The zero-order chi connectivity index (χ0) is 11.8. The van der Waals surface area contributed by atoms with Gasteiger partial charge in [0.1, 0.15) is 0 Å². The van der Waals surface area contributed by atoms with Crippen molar-refractivity contribution < 1.29 is 9.90 Å². The standard InChI is InChI=1S/C12H24N2O2/c1-13-12(16)3-2-8-14-9-10-4-6-11(15)7-5-10/h10-11,14-15H,2-9H2,1H3,(H,13,16). The SMILES string of the molecule is CNC(=O)CCCNCC1CCC(O)CC1. The first-order valence-corrected chi connectivity index (χ1v) is 6.31. The molecular weight excluding hydrogens is 204 g/mol. The summed E-state index contributed by atoms with van der Waals surface area (Å²) in [5.41, 5.74) is 0. The number of hydrogen-bond acceptors (Lipinski definition) is 3. The molecule has 4 heteroatoms. The van der Waals surface area contributed by atoms with Gasteiger partial charge in [-0.15, -0.1) is 0 Å². The third kappa shape index (κ3) is 5.47. The van der Waals surface area contributed by atoms with Crippen LogP contribution in [0.2, 0.25) is 0 Å². The highest BCUT2D eigenvalue weighted by molar-refractivity contribution is 5.75. The van der Waals surface area contributed by atoms with Crippen LogP contribution in [0.25, 0.3) is 0 Å². The van der Waals surface area contributed by atoms with Crippen molar-refractivity contribution in [1.29, 1.82) is 0 Å². The maximum atomic E-state index is 10.9. The van der Waals surface area contributed by atoms with E-state index in [9.17, 15) is 9.90 Å². The lowest BCUT2D eigenvalue weighted by Gasteiger charge is -2.25. The molecule has 0 heterocycles. The quantitative estimate of drug-likeness (QED) is 0.585. The van der Waals surface area contributed by atoms with Gasteiger partial charge in [0.25, 0.3) is 0 Å². The highest BCUT2D eigenvalue weighted by Gasteiger charge is 2.18. The van der Waals surface area contributed by atoms with Crippen molar-refractivity contribution in [3.63, 3.8) is 0 Å². The second kappa shape index (κ2) is 7.63. The molecule has 0 aromatic carbocycles. The van der Waals surface area contributed by atoms with E-state index in [-0.39, 0.29) is 12.0 Å². The van der Waals surface area contributed by atoms with Crippen LogP contribution in [0.4, 0.5) is 0 Å². The van der Waals surface area contributed by atoms with Gasteiger partial charge in [-0.3, -0.25) is 4.79 Å². The predicted molar refractivity (Wildman–Crippen MR) is 64.1 cm³/mol. The third-order valence-corrected chi connectivity index (χ3v) is 3.29. The van der Waals surface area contributed by atoms with Crippen LogP contribution in [0.3, 0.4) is 0 Å². The molecule has 1 amide bonds. The van der Waals surface area contributed by atoms with E-state index in [0.29, 0.717) is 12.3 Å². The Hall–Kier alpha value is -0.610. The second-order valence-electron chi connectivity index (χ2n) is 4.66. The summed E-state index contributed by atoms with van der Waals surface area (Å²) in [6.07, 6.45) is 5.59. The van der Waals surface area contributed by atoms with Crippen molar-refractivity contribution in [3.05, 3.63) is 0 Å². The maximum absolute atomic E-state index is 10.9. The predicted octanol–water partition coefficient (Wildman–Crippen LogP) is 0.653. The molecule has 3 N–H and O–H groups in total. The van der Waals surface area contributed by atoms with Crippen LogP contribution in [-0.4, -0.2) is 37.3 Å². The summed E-state index contributed by atoms with van der Waals surface area (Å²) in [5, 5.41) is 15.4. The summed E-state index contributed by atoms with van der Waals surface area (Å²) in [6, 6.07) is 0. The maximum Gasteiger partial charge on any atom is 0.219 e. The summed E-state index contributed by atoms with van der Waals surface area (Å²) in [4.78, 5) is 10.9. The molecule has 0 radical (unpaired) electrons. The average molecular weight is 228 g/mol. The van der Waals surface area contributed by atoms with Crippen molar-refractivity contribution in [1.82, 2.24) is 10.6 Å². The minimum Gasteiger partial charge on any atom is -0.393 e. The smallest absolute Gasteiger partial charge is 0.219 e. The molecule has 16 heavy (non-hydrogen) atoms. The Kier molecular flexibility index (Phi) is 6.42. The van der Waals surface area contributed by atoms with Gasteiger partial charge < -0.3 is 15.7 Å². The molecule has 0 aromatic heterocycles. The van der Waals surface area contributed by atoms with E-state index in [1.807, 2.05) is 0 Å². The lowest BCUT2D eigenvalue weighted by atomic mass is 9.87. The monoisotopic (exact) mass is 228 g/mol. The van der Waals surface area contributed by atoms with E-state index in [1.54, 1.807) is 7.05 Å². The fraction of sp³-hybridized carbons (Fsp3) is 0.917. The normalized spacial score (nSPS) is 25.4. The Morgan fingerprint density at radius 3 is 2.62 bits per heavy atom. The van der Waals surface area contributed by atoms with Gasteiger partial charge in [0.2, 0.25) is 5.91 Å². The molecule has 1 rings (SSSR count). The van der Waals surface area contributed by atoms with Gasteiger partial charge in [-0.25, -0.2) is 0 Å². The Balaban J connectivity index is 1.93. The van der Waals surface area contributed by atoms with E-state index in [4.69, 9.17) is 0 Å². The summed E-state index contributed by atoms with van der Waals surface area (Å²) < 4.78 is 0. The highest BCUT2D eigenvalue weighted by atomic mass is 16.3. The lowest BCUT2D eigenvalue weighted by Crippen LogP contribution is -2.29. The highest BCUT2D eigenvalue weighted by Crippen LogP contribution is 2.23. The molecule has 1 aliphatic carbocycles. The van der Waals surface area contributed by atoms with Gasteiger partial charge in [-0.1, -0.05) is 0 Å². The first-order chi connectivity index (χ1) is 7.72. The summed E-state index contributed by atoms with van der Waals surface area (Å²) in [5.74, 6) is 0.825. The zero-order valence-electron chi connectivity index (χ0n) is 10.2. The molecule has 0 aliphatic heterocycles. The van der Waals surface area contributed by atoms with E-state index in [1.165, 1.54) is 0 Å². The largest absolute Gasteiger partial charge is 0.393 e. The molecule has 0 atom stereocenters. The molecular formula is C12H24N2O2. The first-order valence-electron chi connectivity index (χ1n) is 6.31. The van der Waals surface area contributed by atoms with Crippen molar-refractivity contribution in [2.45, 2.75) is 44.6 Å². The Labute approximate surface area is 97.8 Å². The number of aliphatic hydroxyl groups is 1. The molecule has 94 valence electrons. The van der Waals surface area contributed by atoms with Crippen molar-refractivity contribution >= 4 is 5.91 Å². The lowest BCUT2D eigenvalue weighted by molar-refractivity contribution is -0.120. The molecule has 0 saturated heterocycles. The Morgan fingerprint density at radius 2 is 2.00 bits per heavy atom. The molecule has 1 saturated carbocycles. The van der Waals surface area contributed by atoms with Crippen LogP contribution in [0.15, 0.2) is 0 Å². The number of amides is 1. The molecule has 0 unspecified atom stereocenters. The summed E-state index contributed by atoms with van der Waals surface area (Å²) >= 11 is 0. The molecule has 1 fully saturated rings. The zero-order valence-corrected chi connectivity index (χ0v) is 10.2. The van der Waals surface area contributed by atoms with Crippen LogP contribution >= 0.6 is 0 Å². The van der Waals surface area contributed by atoms with Crippen molar-refractivity contribution in [2.75, 3.05) is 20.1 Å². The summed E-state index contributed by atoms with van der Waals surface area (Å²) in [6.45, 7) is 1.94. The van der Waals surface area contributed by atoms with Crippen molar-refractivity contribution in [3.8, 4) is 0 Å². The van der Waals surface area contributed by atoms with E-state index < -0.39 is 0 Å². The molecule has 0 bridgehead atoms. The fourth-order valence-corrected chi connectivity index (χ4v) is 2.15. The Morgan fingerprint density at radius 1 is 1.31 bits per heavy atom. The van der Waals surface area contributed by atoms with Gasteiger partial charge in [-0.05, 0) is 51.1 Å². The molecule has 0 aromatic rings. The van der Waals surface area contributed by atoms with E-state index in [0.717, 1.165) is 45.2 Å². The topological polar surface area (TPSA) is 61.4 Å². The average Bonchev–Trinajstić information content (AvgIpc) is 2.31. The number of nitrogens with one attached hydrogen (secondary N) is 2. The van der Waals surface area contributed by atoms with E-state index in [2.05, 4.69) is 10.6 Å². The number of carbonyl (C=O) groups excluding carboxylic acids is 1. The second-order valence-corrected chi connectivity index (χ2v) is 4.66. The van der Waals surface area contributed by atoms with Crippen LogP contribution in [0.5, 0.6) is 0 Å². The minimum absolute atomic E-state index is 0.0653. The third-order valence-electron chi connectivity index (χ3n) is 3.29.